The molecular weight excluding hydrogens is 116 g/mol. The molecule has 0 spiro atoms. The number of nitrogens with zero attached hydrogens (tertiary/aromatic N) is 2. The summed E-state index contributed by atoms with van der Waals surface area (Å²) in [6.07, 6.45) is 0. The van der Waals surface area contributed by atoms with Gasteiger partial charge < -0.3 is 10.0 Å². The van der Waals surface area contributed by atoms with E-state index in [2.05, 4.69) is 4.90 Å². The van der Waals surface area contributed by atoms with Gasteiger partial charge in [0.1, 0.15) is 0 Å². The zero-order chi connectivity index (χ0) is 7.28. The smallest absolute Gasteiger partial charge is 0.0954 e. The fourth-order valence-corrected chi connectivity index (χ4v) is 0.441. The first-order chi connectivity index (χ1) is 4.16. The van der Waals surface area contributed by atoms with Crippen molar-refractivity contribution in [1.82, 2.24) is 9.80 Å². The minimum absolute atomic E-state index is 0.147. The molecule has 1 N–H and O–H groups in total. The Bertz CT molecular complexity index is 66.1. The Kier molecular flexibility index (Phi) is 4.67. The van der Waals surface area contributed by atoms with Crippen molar-refractivity contribution < 1.29 is 5.11 Å². The largest absolute Gasteiger partial charge is 0.381 e. The Morgan fingerprint density at radius 2 is 1.67 bits per heavy atom. The molecule has 0 aromatic heterocycles. The molecule has 0 atom stereocenters. The van der Waals surface area contributed by atoms with Crippen molar-refractivity contribution in [1.29, 1.82) is 0 Å². The van der Waals surface area contributed by atoms with Gasteiger partial charge in [0, 0.05) is 13.1 Å². The van der Waals surface area contributed by atoms with Crippen LogP contribution in [0, 0.1) is 0 Å². The number of likely N-dealkylation sites (N-methyl/N-ethyl adjacent to an activating group) is 2. The minimum atomic E-state index is 0.147. The molecule has 0 aliphatic heterocycles. The van der Waals surface area contributed by atoms with Crippen LogP contribution in [0.25, 0.3) is 0 Å². The van der Waals surface area contributed by atoms with Crippen LogP contribution in [0.15, 0.2) is 0 Å². The molecule has 56 valence electrons. The lowest BCUT2D eigenvalue weighted by Gasteiger charge is -2.15. The molecular formula is C6H16N2O. The first kappa shape index (κ1) is 8.88. The van der Waals surface area contributed by atoms with Gasteiger partial charge in [-0.25, -0.2) is 0 Å². The molecule has 0 rings (SSSR count). The maximum atomic E-state index is 8.56. The Morgan fingerprint density at radius 1 is 1.11 bits per heavy atom. The quantitative estimate of drug-likeness (QED) is 0.519. The Balaban J connectivity index is 3.06. The Labute approximate surface area is 56.9 Å². The summed E-state index contributed by atoms with van der Waals surface area (Å²) in [6.45, 7) is 2.06. The van der Waals surface area contributed by atoms with Crippen molar-refractivity contribution in [2.24, 2.45) is 0 Å². The summed E-state index contributed by atoms with van der Waals surface area (Å²) in [5.74, 6) is 0. The van der Waals surface area contributed by atoms with E-state index in [4.69, 9.17) is 5.11 Å². The summed E-state index contributed by atoms with van der Waals surface area (Å²) in [7, 11) is 5.93. The van der Waals surface area contributed by atoms with E-state index in [0.717, 1.165) is 13.1 Å². The van der Waals surface area contributed by atoms with Crippen LogP contribution >= 0.6 is 0 Å². The van der Waals surface area contributed by atoms with Crippen LogP contribution in [0.1, 0.15) is 0 Å². The van der Waals surface area contributed by atoms with Crippen LogP contribution < -0.4 is 0 Å². The highest BCUT2D eigenvalue weighted by atomic mass is 16.3. The molecule has 0 radical (unpaired) electrons. The first-order valence-corrected chi connectivity index (χ1v) is 3.11. The van der Waals surface area contributed by atoms with Gasteiger partial charge in [0.2, 0.25) is 0 Å². The van der Waals surface area contributed by atoms with Crippen molar-refractivity contribution in [2.45, 2.75) is 0 Å². The third kappa shape index (κ3) is 5.76. The van der Waals surface area contributed by atoms with Crippen molar-refractivity contribution in [2.75, 3.05) is 41.0 Å². The standard InChI is InChI=1S/C6H16N2O/c1-7(2)4-5-8(3)6-9/h9H,4-6H2,1-3H3. The monoisotopic (exact) mass is 132 g/mol. The van der Waals surface area contributed by atoms with Crippen molar-refractivity contribution in [3.8, 4) is 0 Å². The molecule has 9 heavy (non-hydrogen) atoms. The maximum Gasteiger partial charge on any atom is 0.0954 e. The first-order valence-electron chi connectivity index (χ1n) is 3.11. The second-order valence-electron chi connectivity index (χ2n) is 2.52. The van der Waals surface area contributed by atoms with E-state index in [1.165, 1.54) is 0 Å². The molecule has 0 aliphatic rings. The third-order valence-electron chi connectivity index (χ3n) is 1.17. The van der Waals surface area contributed by atoms with Gasteiger partial charge in [-0.15, -0.1) is 0 Å². The molecule has 0 aromatic rings. The Hall–Kier alpha value is -0.120. The molecule has 0 saturated carbocycles. The highest BCUT2D eigenvalue weighted by Crippen LogP contribution is 1.79. The fraction of sp³-hybridized carbons (Fsp3) is 1.00. The second kappa shape index (κ2) is 4.73. The van der Waals surface area contributed by atoms with Crippen LogP contribution in [-0.4, -0.2) is 55.9 Å². The van der Waals surface area contributed by atoms with Crippen molar-refractivity contribution in [3.05, 3.63) is 0 Å². The normalized spacial score (nSPS) is 11.3. The van der Waals surface area contributed by atoms with Gasteiger partial charge in [0.25, 0.3) is 0 Å². The molecule has 0 unspecified atom stereocenters. The van der Waals surface area contributed by atoms with E-state index in [-0.39, 0.29) is 6.73 Å². The molecule has 0 aliphatic carbocycles. The van der Waals surface area contributed by atoms with Gasteiger partial charge in [-0.05, 0) is 21.1 Å². The van der Waals surface area contributed by atoms with E-state index >= 15 is 0 Å². The van der Waals surface area contributed by atoms with Crippen LogP contribution in [0.3, 0.4) is 0 Å². The molecule has 0 heterocycles. The molecule has 0 fully saturated rings. The molecule has 3 heteroatoms. The van der Waals surface area contributed by atoms with E-state index < -0.39 is 0 Å². The summed E-state index contributed by atoms with van der Waals surface area (Å²) >= 11 is 0. The predicted molar refractivity (Wildman–Crippen MR) is 38.3 cm³/mol. The average Bonchev–Trinajstić information content (AvgIpc) is 1.83. The zero-order valence-electron chi connectivity index (χ0n) is 6.46. The molecule has 0 amide bonds. The molecule has 0 aromatic carbocycles. The summed E-state index contributed by atoms with van der Waals surface area (Å²) in [5, 5.41) is 8.56. The lowest BCUT2D eigenvalue weighted by atomic mass is 10.5. The summed E-state index contributed by atoms with van der Waals surface area (Å²) in [5.41, 5.74) is 0. The van der Waals surface area contributed by atoms with Gasteiger partial charge in [-0.1, -0.05) is 0 Å². The molecule has 0 saturated heterocycles. The molecule has 0 bridgehead atoms. The number of hydrogen-bond donors (Lipinski definition) is 1. The zero-order valence-corrected chi connectivity index (χ0v) is 6.46. The fourth-order valence-electron chi connectivity index (χ4n) is 0.441. The van der Waals surface area contributed by atoms with Gasteiger partial charge in [-0.2, -0.15) is 0 Å². The molecule has 3 nitrogen and oxygen atoms in total. The topological polar surface area (TPSA) is 26.7 Å². The lowest BCUT2D eigenvalue weighted by molar-refractivity contribution is 0.125. The van der Waals surface area contributed by atoms with Crippen LogP contribution in [-0.2, 0) is 0 Å². The minimum Gasteiger partial charge on any atom is -0.381 e. The number of aliphatic hydroxyl groups is 1. The van der Waals surface area contributed by atoms with Gasteiger partial charge in [0.05, 0.1) is 6.73 Å². The van der Waals surface area contributed by atoms with Crippen LogP contribution in [0.2, 0.25) is 0 Å². The van der Waals surface area contributed by atoms with Crippen molar-refractivity contribution in [3.63, 3.8) is 0 Å². The third-order valence-corrected chi connectivity index (χ3v) is 1.17. The number of aliphatic hydroxyl groups excluding tert-OH is 1. The van der Waals surface area contributed by atoms with E-state index in [1.807, 2.05) is 26.0 Å². The average molecular weight is 132 g/mol. The summed E-state index contributed by atoms with van der Waals surface area (Å²) in [6, 6.07) is 0. The highest BCUT2D eigenvalue weighted by molar-refractivity contribution is 4.47. The van der Waals surface area contributed by atoms with Gasteiger partial charge in [0.15, 0.2) is 0 Å². The maximum absolute atomic E-state index is 8.56. The second-order valence-corrected chi connectivity index (χ2v) is 2.52. The van der Waals surface area contributed by atoms with E-state index in [1.54, 1.807) is 0 Å². The van der Waals surface area contributed by atoms with Gasteiger partial charge >= 0.3 is 0 Å². The summed E-state index contributed by atoms with van der Waals surface area (Å²) < 4.78 is 0. The highest BCUT2D eigenvalue weighted by Gasteiger charge is 1.94. The lowest BCUT2D eigenvalue weighted by Crippen LogP contribution is -2.29. The number of hydrogen-bond acceptors (Lipinski definition) is 3. The van der Waals surface area contributed by atoms with E-state index in [0.29, 0.717) is 0 Å². The van der Waals surface area contributed by atoms with Crippen LogP contribution in [0.4, 0.5) is 0 Å². The van der Waals surface area contributed by atoms with E-state index in [9.17, 15) is 0 Å². The van der Waals surface area contributed by atoms with Crippen LogP contribution in [0.5, 0.6) is 0 Å². The SMILES string of the molecule is CN(C)CCN(C)CO. The predicted octanol–water partition coefficient (Wildman–Crippen LogP) is -0.570. The Morgan fingerprint density at radius 3 is 2.00 bits per heavy atom. The number of rotatable bonds is 4. The van der Waals surface area contributed by atoms with Gasteiger partial charge in [-0.3, -0.25) is 4.90 Å². The van der Waals surface area contributed by atoms with Crippen molar-refractivity contribution >= 4 is 0 Å². The summed E-state index contributed by atoms with van der Waals surface area (Å²) in [4.78, 5) is 3.95.